The van der Waals surface area contributed by atoms with Crippen LogP contribution in [-0.4, -0.2) is 10.8 Å². The number of carbonyl (C=O) groups excluding carboxylic acids is 1. The first-order valence-corrected chi connectivity index (χ1v) is 4.33. The van der Waals surface area contributed by atoms with Crippen molar-refractivity contribution in [2.24, 2.45) is 0 Å². The summed E-state index contributed by atoms with van der Waals surface area (Å²) >= 11 is 0. The number of fused-ring (bicyclic) bond motifs is 1. The molecule has 1 aromatic heterocycles. The standard InChI is InChI=1S/C11H7F2NO/c1-6(15)8-2-7-3-9(12)10(13)4-11(7)14-5-8/h2-5H,1H3. The molecular formula is C11H7F2NO. The number of ketones is 1. The Bertz CT molecular complexity index is 552. The summed E-state index contributed by atoms with van der Waals surface area (Å²) in [7, 11) is 0. The highest BCUT2D eigenvalue weighted by Gasteiger charge is 2.07. The van der Waals surface area contributed by atoms with Crippen molar-refractivity contribution < 1.29 is 13.6 Å². The van der Waals surface area contributed by atoms with E-state index >= 15 is 0 Å². The molecule has 0 unspecified atom stereocenters. The van der Waals surface area contributed by atoms with Gasteiger partial charge in [0.15, 0.2) is 17.4 Å². The zero-order chi connectivity index (χ0) is 11.0. The van der Waals surface area contributed by atoms with Gasteiger partial charge in [-0.2, -0.15) is 0 Å². The molecule has 1 heterocycles. The van der Waals surface area contributed by atoms with Gasteiger partial charge in [-0.3, -0.25) is 9.78 Å². The Hall–Kier alpha value is -1.84. The fraction of sp³-hybridized carbons (Fsp3) is 0.0909. The van der Waals surface area contributed by atoms with Gasteiger partial charge in [-0.15, -0.1) is 0 Å². The summed E-state index contributed by atoms with van der Waals surface area (Å²) in [6, 6.07) is 3.53. The number of pyridine rings is 1. The lowest BCUT2D eigenvalue weighted by Crippen LogP contribution is -1.94. The molecule has 0 spiro atoms. The van der Waals surface area contributed by atoms with Crippen molar-refractivity contribution in [1.82, 2.24) is 4.98 Å². The summed E-state index contributed by atoms with van der Waals surface area (Å²) in [6.45, 7) is 1.39. The van der Waals surface area contributed by atoms with Crippen LogP contribution in [0.15, 0.2) is 24.4 Å². The Kier molecular flexibility index (Phi) is 2.19. The molecule has 1 aromatic carbocycles. The number of hydrogen-bond acceptors (Lipinski definition) is 2. The minimum atomic E-state index is -0.940. The predicted molar refractivity (Wildman–Crippen MR) is 51.7 cm³/mol. The van der Waals surface area contributed by atoms with E-state index in [0.717, 1.165) is 12.1 Å². The van der Waals surface area contributed by atoms with Crippen LogP contribution in [0, 0.1) is 11.6 Å². The van der Waals surface area contributed by atoms with E-state index in [4.69, 9.17) is 0 Å². The van der Waals surface area contributed by atoms with Gasteiger partial charge < -0.3 is 0 Å². The van der Waals surface area contributed by atoms with E-state index in [-0.39, 0.29) is 5.78 Å². The summed E-state index contributed by atoms with van der Waals surface area (Å²) in [5, 5.41) is 0.418. The molecular weight excluding hydrogens is 200 g/mol. The van der Waals surface area contributed by atoms with Crippen LogP contribution in [0.4, 0.5) is 8.78 Å². The van der Waals surface area contributed by atoms with Crippen molar-refractivity contribution in [2.45, 2.75) is 6.92 Å². The van der Waals surface area contributed by atoms with E-state index < -0.39 is 11.6 Å². The topological polar surface area (TPSA) is 30.0 Å². The second-order valence-electron chi connectivity index (χ2n) is 3.24. The molecule has 0 N–H and O–H groups in total. The van der Waals surface area contributed by atoms with E-state index in [9.17, 15) is 13.6 Å². The maximum absolute atomic E-state index is 12.9. The highest BCUT2D eigenvalue weighted by atomic mass is 19.2. The van der Waals surface area contributed by atoms with Crippen LogP contribution < -0.4 is 0 Å². The Morgan fingerprint density at radius 1 is 1.20 bits per heavy atom. The predicted octanol–water partition coefficient (Wildman–Crippen LogP) is 2.72. The Balaban J connectivity index is 2.72. The lowest BCUT2D eigenvalue weighted by atomic mass is 10.1. The maximum Gasteiger partial charge on any atom is 0.161 e. The van der Waals surface area contributed by atoms with Crippen LogP contribution in [-0.2, 0) is 0 Å². The van der Waals surface area contributed by atoms with Gasteiger partial charge >= 0.3 is 0 Å². The van der Waals surface area contributed by atoms with E-state index in [2.05, 4.69) is 4.98 Å². The highest BCUT2D eigenvalue weighted by molar-refractivity contribution is 5.97. The van der Waals surface area contributed by atoms with Crippen molar-refractivity contribution in [3.8, 4) is 0 Å². The molecule has 0 bridgehead atoms. The fourth-order valence-corrected chi connectivity index (χ4v) is 1.32. The van der Waals surface area contributed by atoms with Gasteiger partial charge in [0.05, 0.1) is 5.52 Å². The van der Waals surface area contributed by atoms with Gasteiger partial charge in [0.2, 0.25) is 0 Å². The molecule has 0 amide bonds. The molecule has 0 atom stereocenters. The van der Waals surface area contributed by atoms with Gasteiger partial charge in [0, 0.05) is 23.2 Å². The monoisotopic (exact) mass is 207 g/mol. The third-order valence-electron chi connectivity index (χ3n) is 2.13. The minimum Gasteiger partial charge on any atom is -0.294 e. The first-order valence-electron chi connectivity index (χ1n) is 4.33. The molecule has 0 aliphatic heterocycles. The van der Waals surface area contributed by atoms with Gasteiger partial charge in [0.25, 0.3) is 0 Å². The van der Waals surface area contributed by atoms with Gasteiger partial charge in [-0.05, 0) is 19.1 Å². The van der Waals surface area contributed by atoms with Crippen LogP contribution in [0.5, 0.6) is 0 Å². The van der Waals surface area contributed by atoms with Crippen molar-refractivity contribution in [2.75, 3.05) is 0 Å². The lowest BCUT2D eigenvalue weighted by Gasteiger charge is -2.00. The zero-order valence-electron chi connectivity index (χ0n) is 7.92. The lowest BCUT2D eigenvalue weighted by molar-refractivity contribution is 0.101. The summed E-state index contributed by atoms with van der Waals surface area (Å²) in [5.74, 6) is -2.04. The van der Waals surface area contributed by atoms with Crippen molar-refractivity contribution in [3.05, 3.63) is 41.6 Å². The molecule has 4 heteroatoms. The second-order valence-corrected chi connectivity index (χ2v) is 3.24. The van der Waals surface area contributed by atoms with E-state index in [1.807, 2.05) is 0 Å². The number of halogens is 2. The largest absolute Gasteiger partial charge is 0.294 e. The molecule has 0 radical (unpaired) electrons. The normalized spacial score (nSPS) is 10.6. The zero-order valence-corrected chi connectivity index (χ0v) is 7.92. The smallest absolute Gasteiger partial charge is 0.161 e. The van der Waals surface area contributed by atoms with E-state index in [0.29, 0.717) is 16.5 Å². The molecule has 2 nitrogen and oxygen atoms in total. The molecule has 0 aliphatic carbocycles. The van der Waals surface area contributed by atoms with Gasteiger partial charge in [-0.1, -0.05) is 0 Å². The molecule has 0 saturated heterocycles. The SMILES string of the molecule is CC(=O)c1cnc2cc(F)c(F)cc2c1. The minimum absolute atomic E-state index is 0.158. The molecule has 2 rings (SSSR count). The first-order chi connectivity index (χ1) is 7.08. The number of aromatic nitrogens is 1. The summed E-state index contributed by atoms with van der Waals surface area (Å²) in [6.07, 6.45) is 1.35. The number of rotatable bonds is 1. The third kappa shape index (κ3) is 1.70. The Morgan fingerprint density at radius 2 is 1.87 bits per heavy atom. The molecule has 0 aliphatic rings. The van der Waals surface area contributed by atoms with Crippen LogP contribution >= 0.6 is 0 Å². The molecule has 0 saturated carbocycles. The number of hydrogen-bond donors (Lipinski definition) is 0. The Labute approximate surface area is 84.6 Å². The number of nitrogens with zero attached hydrogens (tertiary/aromatic N) is 1. The highest BCUT2D eigenvalue weighted by Crippen LogP contribution is 2.17. The molecule has 76 valence electrons. The number of Topliss-reactive ketones (excluding diaryl/α,β-unsaturated/α-hetero) is 1. The van der Waals surface area contributed by atoms with Crippen LogP contribution in [0.1, 0.15) is 17.3 Å². The van der Waals surface area contributed by atoms with E-state index in [1.165, 1.54) is 19.2 Å². The third-order valence-corrected chi connectivity index (χ3v) is 2.13. The van der Waals surface area contributed by atoms with Crippen molar-refractivity contribution >= 4 is 16.7 Å². The Morgan fingerprint density at radius 3 is 2.53 bits per heavy atom. The van der Waals surface area contributed by atoms with Crippen LogP contribution in [0.3, 0.4) is 0 Å². The molecule has 15 heavy (non-hydrogen) atoms. The van der Waals surface area contributed by atoms with Crippen molar-refractivity contribution in [3.63, 3.8) is 0 Å². The average molecular weight is 207 g/mol. The second kappa shape index (κ2) is 3.38. The maximum atomic E-state index is 12.9. The molecule has 0 fully saturated rings. The first kappa shape index (κ1) is 9.71. The quantitative estimate of drug-likeness (QED) is 0.673. The number of benzene rings is 1. The van der Waals surface area contributed by atoms with Crippen LogP contribution in [0.2, 0.25) is 0 Å². The summed E-state index contributed by atoms with van der Waals surface area (Å²) in [4.78, 5) is 14.9. The van der Waals surface area contributed by atoms with Gasteiger partial charge in [-0.25, -0.2) is 8.78 Å². The summed E-state index contributed by atoms with van der Waals surface area (Å²) < 4.78 is 25.7. The average Bonchev–Trinajstić information content (AvgIpc) is 2.19. The van der Waals surface area contributed by atoms with Crippen molar-refractivity contribution in [1.29, 1.82) is 0 Å². The van der Waals surface area contributed by atoms with Crippen LogP contribution in [0.25, 0.3) is 10.9 Å². The van der Waals surface area contributed by atoms with E-state index in [1.54, 1.807) is 0 Å². The fourth-order valence-electron chi connectivity index (χ4n) is 1.32. The summed E-state index contributed by atoms with van der Waals surface area (Å²) in [5.41, 5.74) is 0.715. The van der Waals surface area contributed by atoms with Gasteiger partial charge in [0.1, 0.15) is 0 Å². The molecule has 2 aromatic rings. The number of carbonyl (C=O) groups is 1.